The minimum absolute atomic E-state index is 0.0295. The molecule has 5 heteroatoms. The van der Waals surface area contributed by atoms with Crippen LogP contribution in [0.4, 0.5) is 0 Å². The van der Waals surface area contributed by atoms with E-state index in [9.17, 15) is 14.7 Å². The van der Waals surface area contributed by atoms with Crippen molar-refractivity contribution in [1.29, 1.82) is 0 Å². The highest BCUT2D eigenvalue weighted by Gasteiger charge is 2.17. The van der Waals surface area contributed by atoms with E-state index in [0.717, 1.165) is 5.56 Å². The van der Waals surface area contributed by atoms with Crippen molar-refractivity contribution in [1.82, 2.24) is 9.97 Å². The molecule has 0 bridgehead atoms. The molecule has 0 saturated carbocycles. The van der Waals surface area contributed by atoms with Crippen molar-refractivity contribution in [2.45, 2.75) is 26.7 Å². The number of aryl methyl sites for hydroxylation is 1. The van der Waals surface area contributed by atoms with Gasteiger partial charge in [0.15, 0.2) is 0 Å². The van der Waals surface area contributed by atoms with Crippen LogP contribution in [0.1, 0.15) is 41.4 Å². The molecule has 0 saturated heterocycles. The zero-order valence-electron chi connectivity index (χ0n) is 11.6. The average molecular weight is 272 g/mol. The van der Waals surface area contributed by atoms with Gasteiger partial charge in [0.05, 0.1) is 5.69 Å². The molecular weight excluding hydrogens is 256 g/mol. The molecular formula is C15H16N2O3. The third kappa shape index (κ3) is 2.61. The van der Waals surface area contributed by atoms with E-state index >= 15 is 0 Å². The molecule has 2 N–H and O–H groups in total. The highest BCUT2D eigenvalue weighted by molar-refractivity contribution is 5.95. The number of hydrogen-bond acceptors (Lipinski definition) is 3. The normalized spacial score (nSPS) is 10.8. The number of hydrogen-bond donors (Lipinski definition) is 2. The summed E-state index contributed by atoms with van der Waals surface area (Å²) in [4.78, 5) is 29.0. The van der Waals surface area contributed by atoms with E-state index in [0.29, 0.717) is 17.2 Å². The zero-order chi connectivity index (χ0) is 14.9. The Morgan fingerprint density at radius 2 is 1.85 bits per heavy atom. The van der Waals surface area contributed by atoms with Gasteiger partial charge in [0, 0.05) is 11.3 Å². The highest BCUT2D eigenvalue weighted by Crippen LogP contribution is 2.24. The van der Waals surface area contributed by atoms with Crippen molar-refractivity contribution in [3.8, 4) is 11.3 Å². The molecule has 1 aromatic heterocycles. The summed E-state index contributed by atoms with van der Waals surface area (Å²) < 4.78 is 0. The molecule has 0 amide bonds. The van der Waals surface area contributed by atoms with Gasteiger partial charge in [0.2, 0.25) is 0 Å². The van der Waals surface area contributed by atoms with Gasteiger partial charge in [-0.05, 0) is 18.4 Å². The lowest BCUT2D eigenvalue weighted by molar-refractivity contribution is 0.0696. The number of aromatic amines is 1. The summed E-state index contributed by atoms with van der Waals surface area (Å²) in [5.41, 5.74) is 1.76. The van der Waals surface area contributed by atoms with Crippen LogP contribution >= 0.6 is 0 Å². The van der Waals surface area contributed by atoms with Crippen LogP contribution in [0.5, 0.6) is 0 Å². The van der Waals surface area contributed by atoms with Crippen LogP contribution in [0.15, 0.2) is 29.1 Å². The topological polar surface area (TPSA) is 83.0 Å². The van der Waals surface area contributed by atoms with Crippen LogP contribution in [-0.2, 0) is 0 Å². The van der Waals surface area contributed by atoms with E-state index in [-0.39, 0.29) is 11.3 Å². The molecule has 0 atom stereocenters. The SMILES string of the molecule is Cc1[nH]c(=O)nc(-c2ccc(C(C)C)cc2)c1C(=O)O. The Balaban J connectivity index is 2.62. The van der Waals surface area contributed by atoms with Crippen LogP contribution in [0.25, 0.3) is 11.3 Å². The number of rotatable bonds is 3. The lowest BCUT2D eigenvalue weighted by atomic mass is 9.99. The van der Waals surface area contributed by atoms with Gasteiger partial charge in [-0.15, -0.1) is 0 Å². The van der Waals surface area contributed by atoms with Gasteiger partial charge in [-0.1, -0.05) is 38.1 Å². The summed E-state index contributed by atoms with van der Waals surface area (Å²) in [7, 11) is 0. The Kier molecular flexibility index (Phi) is 3.70. The summed E-state index contributed by atoms with van der Waals surface area (Å²) >= 11 is 0. The number of nitrogens with zero attached hydrogens (tertiary/aromatic N) is 1. The van der Waals surface area contributed by atoms with Crippen LogP contribution in [-0.4, -0.2) is 21.0 Å². The van der Waals surface area contributed by atoms with Crippen molar-refractivity contribution in [2.75, 3.05) is 0 Å². The van der Waals surface area contributed by atoms with E-state index in [1.165, 1.54) is 0 Å². The zero-order valence-corrected chi connectivity index (χ0v) is 11.6. The quantitative estimate of drug-likeness (QED) is 0.899. The molecule has 1 heterocycles. The fourth-order valence-corrected chi connectivity index (χ4v) is 2.08. The molecule has 5 nitrogen and oxygen atoms in total. The monoisotopic (exact) mass is 272 g/mol. The first-order valence-corrected chi connectivity index (χ1v) is 6.34. The van der Waals surface area contributed by atoms with E-state index < -0.39 is 11.7 Å². The van der Waals surface area contributed by atoms with Crippen LogP contribution in [0.3, 0.4) is 0 Å². The van der Waals surface area contributed by atoms with Gasteiger partial charge in [-0.25, -0.2) is 9.59 Å². The molecule has 0 fully saturated rings. The summed E-state index contributed by atoms with van der Waals surface area (Å²) in [5.74, 6) is -0.717. The Bertz CT molecular complexity index is 700. The Morgan fingerprint density at radius 3 is 2.35 bits per heavy atom. The fraction of sp³-hybridized carbons (Fsp3) is 0.267. The number of carbonyl (C=O) groups is 1. The van der Waals surface area contributed by atoms with Crippen LogP contribution in [0.2, 0.25) is 0 Å². The van der Waals surface area contributed by atoms with E-state index in [1.54, 1.807) is 19.1 Å². The summed E-state index contributed by atoms with van der Waals surface area (Å²) in [5, 5.41) is 9.28. The summed E-state index contributed by atoms with van der Waals surface area (Å²) in [6.07, 6.45) is 0. The average Bonchev–Trinajstić information content (AvgIpc) is 2.37. The van der Waals surface area contributed by atoms with Crippen molar-refractivity contribution >= 4 is 5.97 Å². The number of aromatic nitrogens is 2. The second kappa shape index (κ2) is 5.28. The first kappa shape index (κ1) is 14.0. The van der Waals surface area contributed by atoms with Gasteiger partial charge < -0.3 is 10.1 Å². The van der Waals surface area contributed by atoms with Crippen LogP contribution in [0, 0.1) is 6.92 Å². The third-order valence-corrected chi connectivity index (χ3v) is 3.18. The summed E-state index contributed by atoms with van der Waals surface area (Å²) in [6.45, 7) is 5.71. The second-order valence-corrected chi connectivity index (χ2v) is 4.97. The predicted molar refractivity (Wildman–Crippen MR) is 76.1 cm³/mol. The van der Waals surface area contributed by atoms with Crippen LogP contribution < -0.4 is 5.69 Å². The number of H-pyrrole nitrogens is 1. The largest absolute Gasteiger partial charge is 0.478 e. The molecule has 0 unspecified atom stereocenters. The molecule has 0 aliphatic heterocycles. The molecule has 2 aromatic rings. The molecule has 0 radical (unpaired) electrons. The molecule has 20 heavy (non-hydrogen) atoms. The molecule has 104 valence electrons. The molecule has 0 aliphatic carbocycles. The van der Waals surface area contributed by atoms with E-state index in [4.69, 9.17) is 0 Å². The first-order chi connectivity index (χ1) is 9.40. The number of benzene rings is 1. The molecule has 0 aliphatic rings. The fourth-order valence-electron chi connectivity index (χ4n) is 2.08. The number of nitrogens with one attached hydrogen (secondary N) is 1. The van der Waals surface area contributed by atoms with E-state index in [2.05, 4.69) is 23.8 Å². The lowest BCUT2D eigenvalue weighted by Crippen LogP contribution is -2.18. The molecule has 1 aromatic carbocycles. The van der Waals surface area contributed by atoms with E-state index in [1.807, 2.05) is 12.1 Å². The maximum atomic E-state index is 11.5. The van der Waals surface area contributed by atoms with Gasteiger partial charge in [-0.3, -0.25) is 0 Å². The highest BCUT2D eigenvalue weighted by atomic mass is 16.4. The predicted octanol–water partition coefficient (Wildman–Crippen LogP) is 2.57. The number of carboxylic acids is 1. The third-order valence-electron chi connectivity index (χ3n) is 3.18. The van der Waals surface area contributed by atoms with Crippen molar-refractivity contribution < 1.29 is 9.90 Å². The summed E-state index contributed by atoms with van der Waals surface area (Å²) in [6, 6.07) is 7.43. The minimum atomic E-state index is -1.10. The van der Waals surface area contributed by atoms with Gasteiger partial charge in [-0.2, -0.15) is 4.98 Å². The number of aromatic carboxylic acids is 1. The minimum Gasteiger partial charge on any atom is -0.478 e. The van der Waals surface area contributed by atoms with Crippen molar-refractivity contribution in [2.24, 2.45) is 0 Å². The van der Waals surface area contributed by atoms with Gasteiger partial charge >= 0.3 is 11.7 Å². The molecule has 0 spiro atoms. The number of carboxylic acid groups (broad SMARTS) is 1. The molecule has 2 rings (SSSR count). The lowest BCUT2D eigenvalue weighted by Gasteiger charge is -2.09. The van der Waals surface area contributed by atoms with Gasteiger partial charge in [0.25, 0.3) is 0 Å². The Hall–Kier alpha value is -2.43. The second-order valence-electron chi connectivity index (χ2n) is 4.97. The Morgan fingerprint density at radius 1 is 1.25 bits per heavy atom. The maximum absolute atomic E-state index is 11.5. The Labute approximate surface area is 116 Å². The standard InChI is InChI=1S/C15H16N2O3/c1-8(2)10-4-6-11(7-5-10)13-12(14(18)19)9(3)16-15(20)17-13/h4-8H,1-3H3,(H,18,19)(H,16,17,20). The van der Waals surface area contributed by atoms with Gasteiger partial charge in [0.1, 0.15) is 5.56 Å². The van der Waals surface area contributed by atoms with Crippen molar-refractivity contribution in [3.63, 3.8) is 0 Å². The van der Waals surface area contributed by atoms with Crippen molar-refractivity contribution in [3.05, 3.63) is 51.6 Å². The maximum Gasteiger partial charge on any atom is 0.345 e. The smallest absolute Gasteiger partial charge is 0.345 e. The first-order valence-electron chi connectivity index (χ1n) is 6.34.